The minimum Gasteiger partial charge on any atom is -0.378 e. The molecule has 0 radical (unpaired) electrons. The maximum atomic E-state index is 12.5. The molecule has 1 aliphatic heterocycles. The summed E-state index contributed by atoms with van der Waals surface area (Å²) in [6.45, 7) is 3.11. The monoisotopic (exact) mass is 434 g/mol. The number of benzene rings is 1. The first-order valence-electron chi connectivity index (χ1n) is 9.88. The van der Waals surface area contributed by atoms with E-state index in [9.17, 15) is 4.79 Å². The molecule has 1 fully saturated rings. The van der Waals surface area contributed by atoms with Crippen molar-refractivity contribution in [1.29, 1.82) is 0 Å². The number of fused-ring (bicyclic) bond motifs is 1. The Morgan fingerprint density at radius 1 is 1.10 bits per heavy atom. The highest BCUT2D eigenvalue weighted by Crippen LogP contribution is 2.23. The summed E-state index contributed by atoms with van der Waals surface area (Å²) in [6, 6.07) is 12.6. The number of hydrogen-bond donors (Lipinski definition) is 2. The lowest BCUT2D eigenvalue weighted by molar-refractivity contribution is 0.102. The number of hydrogen-bond acceptors (Lipinski definition) is 6. The first-order valence-corrected chi connectivity index (χ1v) is 10.3. The Morgan fingerprint density at radius 2 is 1.94 bits per heavy atom. The number of carbonyl (C=O) groups excluding carboxylic acids is 1. The van der Waals surface area contributed by atoms with Crippen LogP contribution in [-0.4, -0.2) is 52.1 Å². The number of ether oxygens (including phenoxy) is 1. The fraction of sp³-hybridized carbons (Fsp3) is 0.182. The summed E-state index contributed by atoms with van der Waals surface area (Å²) in [7, 11) is 0. The summed E-state index contributed by atoms with van der Waals surface area (Å²) < 4.78 is 5.39. The van der Waals surface area contributed by atoms with Crippen LogP contribution in [0.5, 0.6) is 0 Å². The van der Waals surface area contributed by atoms with Gasteiger partial charge in [0.05, 0.1) is 35.7 Å². The zero-order chi connectivity index (χ0) is 21.2. The minimum absolute atomic E-state index is 0.301. The van der Waals surface area contributed by atoms with Gasteiger partial charge in [-0.05, 0) is 30.3 Å². The van der Waals surface area contributed by atoms with E-state index in [1.165, 1.54) is 0 Å². The number of aromatic amines is 1. The molecule has 1 amide bonds. The number of halogens is 1. The molecule has 8 nitrogen and oxygen atoms in total. The third kappa shape index (κ3) is 4.08. The molecule has 0 bridgehead atoms. The van der Waals surface area contributed by atoms with Crippen molar-refractivity contribution in [3.05, 3.63) is 65.4 Å². The highest BCUT2D eigenvalue weighted by Gasteiger charge is 2.14. The van der Waals surface area contributed by atoms with E-state index in [-0.39, 0.29) is 5.91 Å². The smallest absolute Gasteiger partial charge is 0.257 e. The van der Waals surface area contributed by atoms with Crippen LogP contribution in [0, 0.1) is 0 Å². The molecule has 0 aliphatic carbocycles. The second-order valence-electron chi connectivity index (χ2n) is 7.12. The fourth-order valence-corrected chi connectivity index (χ4v) is 3.67. The number of imidazole rings is 1. The molecule has 156 valence electrons. The van der Waals surface area contributed by atoms with Crippen molar-refractivity contribution in [3.8, 4) is 11.4 Å². The van der Waals surface area contributed by atoms with Crippen LogP contribution in [0.2, 0.25) is 5.02 Å². The van der Waals surface area contributed by atoms with Gasteiger partial charge in [0, 0.05) is 24.8 Å². The number of amides is 1. The summed E-state index contributed by atoms with van der Waals surface area (Å²) in [5.41, 5.74) is 3.07. The van der Waals surface area contributed by atoms with Gasteiger partial charge in [-0.1, -0.05) is 23.7 Å². The molecule has 1 aromatic carbocycles. The van der Waals surface area contributed by atoms with E-state index in [2.05, 4.69) is 30.2 Å². The second-order valence-corrected chi connectivity index (χ2v) is 7.52. The molecule has 1 saturated heterocycles. The third-order valence-electron chi connectivity index (χ3n) is 5.07. The number of nitrogens with zero attached hydrogens (tertiary/aromatic N) is 4. The molecule has 31 heavy (non-hydrogen) atoms. The second kappa shape index (κ2) is 8.33. The molecule has 2 N–H and O–H groups in total. The van der Waals surface area contributed by atoms with E-state index in [4.69, 9.17) is 16.3 Å². The van der Waals surface area contributed by atoms with Crippen LogP contribution < -0.4 is 10.2 Å². The molecule has 0 spiro atoms. The molecular weight excluding hydrogens is 416 g/mol. The van der Waals surface area contributed by atoms with Crippen molar-refractivity contribution in [3.63, 3.8) is 0 Å². The van der Waals surface area contributed by atoms with E-state index in [0.29, 0.717) is 46.5 Å². The first-order chi connectivity index (χ1) is 15.2. The highest BCUT2D eigenvalue weighted by molar-refractivity contribution is 6.34. The number of carbonyl (C=O) groups is 1. The van der Waals surface area contributed by atoms with Crippen LogP contribution >= 0.6 is 11.6 Å². The standard InChI is InChI=1S/C22H19ClN6O2/c23-17-4-2-1-3-16(17)22(30)26-15-11-18-21(25-13-15)28-20(27-18)14-5-6-19(24-12-14)29-7-9-31-10-8-29/h1-6,11-13H,7-10H2,(H,26,30)(H,25,27,28). The Bertz CT molecular complexity index is 1230. The molecule has 9 heteroatoms. The Labute approximate surface area is 183 Å². The molecule has 0 saturated carbocycles. The number of morpholine rings is 1. The number of H-pyrrole nitrogens is 1. The van der Waals surface area contributed by atoms with E-state index in [1.807, 2.05) is 12.1 Å². The van der Waals surface area contributed by atoms with Crippen molar-refractivity contribution >= 4 is 40.2 Å². The lowest BCUT2D eigenvalue weighted by Gasteiger charge is -2.27. The SMILES string of the molecule is O=C(Nc1cnc2[nH]c(-c3ccc(N4CCOCC4)nc3)nc2c1)c1ccccc1Cl. The zero-order valence-corrected chi connectivity index (χ0v) is 17.3. The van der Waals surface area contributed by atoms with Gasteiger partial charge in [-0.3, -0.25) is 4.79 Å². The van der Waals surface area contributed by atoms with Gasteiger partial charge in [0.1, 0.15) is 17.2 Å². The Kier molecular flexibility index (Phi) is 5.23. The summed E-state index contributed by atoms with van der Waals surface area (Å²) >= 11 is 6.10. The molecule has 4 aromatic rings. The predicted octanol–water partition coefficient (Wildman–Crippen LogP) is 3.76. The van der Waals surface area contributed by atoms with Gasteiger partial charge in [0.2, 0.25) is 0 Å². The molecule has 0 unspecified atom stereocenters. The van der Waals surface area contributed by atoms with Crippen LogP contribution in [0.15, 0.2) is 54.9 Å². The molecule has 1 aliphatic rings. The Hall–Kier alpha value is -3.49. The molecule has 0 atom stereocenters. The van der Waals surface area contributed by atoms with E-state index in [0.717, 1.165) is 24.5 Å². The zero-order valence-electron chi connectivity index (χ0n) is 16.5. The van der Waals surface area contributed by atoms with Gasteiger partial charge in [-0.25, -0.2) is 15.0 Å². The maximum absolute atomic E-state index is 12.5. The van der Waals surface area contributed by atoms with Crippen molar-refractivity contribution in [2.75, 3.05) is 36.5 Å². The summed E-state index contributed by atoms with van der Waals surface area (Å²) in [5.74, 6) is 1.29. The molecule has 5 rings (SSSR count). The quantitative estimate of drug-likeness (QED) is 0.507. The summed E-state index contributed by atoms with van der Waals surface area (Å²) in [4.78, 5) is 31.4. The van der Waals surface area contributed by atoms with Crippen molar-refractivity contribution in [2.24, 2.45) is 0 Å². The largest absolute Gasteiger partial charge is 0.378 e. The van der Waals surface area contributed by atoms with Crippen molar-refractivity contribution in [1.82, 2.24) is 19.9 Å². The Balaban J connectivity index is 1.36. The number of aromatic nitrogens is 4. The van der Waals surface area contributed by atoms with Crippen LogP contribution in [0.25, 0.3) is 22.6 Å². The van der Waals surface area contributed by atoms with Gasteiger partial charge < -0.3 is 19.9 Å². The van der Waals surface area contributed by atoms with Gasteiger partial charge in [0.15, 0.2) is 5.65 Å². The van der Waals surface area contributed by atoms with E-state index in [1.54, 1.807) is 42.7 Å². The fourth-order valence-electron chi connectivity index (χ4n) is 3.45. The number of pyridine rings is 2. The lowest BCUT2D eigenvalue weighted by atomic mass is 10.2. The van der Waals surface area contributed by atoms with Crippen molar-refractivity contribution in [2.45, 2.75) is 0 Å². The number of nitrogens with one attached hydrogen (secondary N) is 2. The van der Waals surface area contributed by atoms with E-state index < -0.39 is 0 Å². The Morgan fingerprint density at radius 3 is 2.71 bits per heavy atom. The molecule has 3 aromatic heterocycles. The highest BCUT2D eigenvalue weighted by atomic mass is 35.5. The van der Waals surface area contributed by atoms with E-state index >= 15 is 0 Å². The van der Waals surface area contributed by atoms with Crippen LogP contribution in [-0.2, 0) is 4.74 Å². The maximum Gasteiger partial charge on any atom is 0.257 e. The number of anilines is 2. The van der Waals surface area contributed by atoms with Crippen LogP contribution in [0.3, 0.4) is 0 Å². The molecule has 4 heterocycles. The number of rotatable bonds is 4. The predicted molar refractivity (Wildman–Crippen MR) is 120 cm³/mol. The van der Waals surface area contributed by atoms with Crippen LogP contribution in [0.4, 0.5) is 11.5 Å². The molecular formula is C22H19ClN6O2. The normalized spacial score (nSPS) is 14.0. The summed E-state index contributed by atoms with van der Waals surface area (Å²) in [5, 5.41) is 3.21. The van der Waals surface area contributed by atoms with Gasteiger partial charge in [-0.15, -0.1) is 0 Å². The topological polar surface area (TPSA) is 96.0 Å². The van der Waals surface area contributed by atoms with Gasteiger partial charge in [0.25, 0.3) is 5.91 Å². The average molecular weight is 435 g/mol. The summed E-state index contributed by atoms with van der Waals surface area (Å²) in [6.07, 6.45) is 3.38. The van der Waals surface area contributed by atoms with Crippen molar-refractivity contribution < 1.29 is 9.53 Å². The van der Waals surface area contributed by atoms with Crippen LogP contribution in [0.1, 0.15) is 10.4 Å². The van der Waals surface area contributed by atoms with Gasteiger partial charge >= 0.3 is 0 Å². The minimum atomic E-state index is -0.301. The third-order valence-corrected chi connectivity index (χ3v) is 5.40. The first kappa shape index (κ1) is 19.5. The average Bonchev–Trinajstić information content (AvgIpc) is 3.23. The lowest BCUT2D eigenvalue weighted by Crippen LogP contribution is -2.36. The van der Waals surface area contributed by atoms with Gasteiger partial charge in [-0.2, -0.15) is 0 Å².